The second-order valence-corrected chi connectivity index (χ2v) is 9.10. The molecule has 0 spiro atoms. The summed E-state index contributed by atoms with van der Waals surface area (Å²) in [7, 11) is -4.09. The summed E-state index contributed by atoms with van der Waals surface area (Å²) in [5.41, 5.74) is 0.0601. The van der Waals surface area contributed by atoms with Crippen molar-refractivity contribution >= 4 is 38.9 Å². The largest absolute Gasteiger partial charge is 0.416 e. The number of hydrogen-bond acceptors (Lipinski definition) is 3. The number of nitrogens with zero attached hydrogens (tertiary/aromatic N) is 1. The van der Waals surface area contributed by atoms with Crippen LogP contribution in [0.2, 0.25) is 5.02 Å². The van der Waals surface area contributed by atoms with Crippen LogP contribution in [0, 0.1) is 0 Å². The summed E-state index contributed by atoms with van der Waals surface area (Å²) in [6, 6.07) is 9.37. The molecule has 10 heteroatoms. The van der Waals surface area contributed by atoms with E-state index in [0.717, 1.165) is 43.2 Å². The smallest absolute Gasteiger partial charge is 0.325 e. The minimum atomic E-state index is -4.69. The molecule has 2 aromatic rings. The molecule has 0 bridgehead atoms. The van der Waals surface area contributed by atoms with E-state index >= 15 is 0 Å². The minimum absolute atomic E-state index is 0.221. The fourth-order valence-corrected chi connectivity index (χ4v) is 3.86. The van der Waals surface area contributed by atoms with E-state index in [1.165, 1.54) is 0 Å². The van der Waals surface area contributed by atoms with Gasteiger partial charge in [-0.15, -0.1) is 0 Å². The number of sulfonamides is 1. The van der Waals surface area contributed by atoms with E-state index in [-0.39, 0.29) is 5.02 Å². The topological polar surface area (TPSA) is 66.5 Å². The van der Waals surface area contributed by atoms with Crippen molar-refractivity contribution < 1.29 is 26.4 Å². The minimum Gasteiger partial charge on any atom is -0.325 e. The number of rotatable bonds is 8. The summed E-state index contributed by atoms with van der Waals surface area (Å²) in [4.78, 5) is 12.4. The standard InChI is InChI=1S/C20H22ClF3N2O3S/c1-3-4-5-14-6-9-16(10-7-14)25-19(27)13-26(30(2,28)29)18-12-15(20(22,23)24)8-11-17(18)21/h6-12H,3-5,13H2,1-2H3,(H,25,27). The van der Waals surface area contributed by atoms with Crippen molar-refractivity contribution in [2.45, 2.75) is 32.4 Å². The number of alkyl halides is 3. The Balaban J connectivity index is 2.23. The van der Waals surface area contributed by atoms with Crippen molar-refractivity contribution in [1.29, 1.82) is 0 Å². The Morgan fingerprint density at radius 3 is 2.30 bits per heavy atom. The maximum absolute atomic E-state index is 13.0. The van der Waals surface area contributed by atoms with Crippen LogP contribution in [0.5, 0.6) is 0 Å². The fraction of sp³-hybridized carbons (Fsp3) is 0.350. The first kappa shape index (κ1) is 24.0. The predicted octanol–water partition coefficient (Wildman–Crippen LogP) is 5.11. The number of amides is 1. The molecule has 1 amide bonds. The van der Waals surface area contributed by atoms with E-state index in [1.54, 1.807) is 12.1 Å². The summed E-state index contributed by atoms with van der Waals surface area (Å²) >= 11 is 5.94. The van der Waals surface area contributed by atoms with Gasteiger partial charge in [0.15, 0.2) is 0 Å². The molecule has 0 fully saturated rings. The van der Waals surface area contributed by atoms with Gasteiger partial charge >= 0.3 is 6.18 Å². The molecule has 0 saturated heterocycles. The molecule has 0 heterocycles. The molecule has 0 aliphatic rings. The molecule has 0 atom stereocenters. The van der Waals surface area contributed by atoms with Crippen LogP contribution in [0.1, 0.15) is 30.9 Å². The van der Waals surface area contributed by atoms with Crippen LogP contribution in [0.15, 0.2) is 42.5 Å². The third-order valence-electron chi connectivity index (χ3n) is 4.29. The molecule has 2 rings (SSSR count). The van der Waals surface area contributed by atoms with Crippen molar-refractivity contribution in [2.24, 2.45) is 0 Å². The summed E-state index contributed by atoms with van der Waals surface area (Å²) in [6.45, 7) is 1.36. The Morgan fingerprint density at radius 1 is 1.13 bits per heavy atom. The highest BCUT2D eigenvalue weighted by molar-refractivity contribution is 7.92. The Labute approximate surface area is 178 Å². The zero-order chi connectivity index (χ0) is 22.5. The number of carbonyl (C=O) groups is 1. The van der Waals surface area contributed by atoms with E-state index in [2.05, 4.69) is 12.2 Å². The number of halogens is 4. The van der Waals surface area contributed by atoms with Gasteiger partial charge in [0.2, 0.25) is 15.9 Å². The molecular weight excluding hydrogens is 441 g/mol. The van der Waals surface area contributed by atoms with Gasteiger partial charge in [-0.05, 0) is 48.7 Å². The number of hydrogen-bond donors (Lipinski definition) is 1. The Bertz CT molecular complexity index is 993. The Morgan fingerprint density at radius 2 is 1.77 bits per heavy atom. The van der Waals surface area contributed by atoms with Crippen LogP contribution in [0.4, 0.5) is 24.5 Å². The van der Waals surface area contributed by atoms with Crippen LogP contribution in [-0.2, 0) is 27.4 Å². The highest BCUT2D eigenvalue weighted by Crippen LogP contribution is 2.36. The third-order valence-corrected chi connectivity index (χ3v) is 5.73. The first-order valence-corrected chi connectivity index (χ1v) is 11.4. The Hall–Kier alpha value is -2.26. The predicted molar refractivity (Wildman–Crippen MR) is 112 cm³/mol. The number of benzene rings is 2. The monoisotopic (exact) mass is 462 g/mol. The second kappa shape index (κ2) is 9.70. The molecule has 0 unspecified atom stereocenters. The summed E-state index contributed by atoms with van der Waals surface area (Å²) in [6.07, 6.45) is -0.908. The average molecular weight is 463 g/mol. The van der Waals surface area contributed by atoms with Gasteiger partial charge in [-0.1, -0.05) is 37.1 Å². The van der Waals surface area contributed by atoms with E-state index in [9.17, 15) is 26.4 Å². The lowest BCUT2D eigenvalue weighted by atomic mass is 10.1. The van der Waals surface area contributed by atoms with Gasteiger partial charge in [0.05, 0.1) is 22.5 Å². The lowest BCUT2D eigenvalue weighted by molar-refractivity contribution is -0.137. The number of aryl methyl sites for hydroxylation is 1. The molecule has 2 aromatic carbocycles. The van der Waals surface area contributed by atoms with E-state index < -0.39 is 39.9 Å². The van der Waals surface area contributed by atoms with Crippen LogP contribution < -0.4 is 9.62 Å². The van der Waals surface area contributed by atoms with Crippen molar-refractivity contribution in [3.8, 4) is 0 Å². The molecule has 30 heavy (non-hydrogen) atoms. The lowest BCUT2D eigenvalue weighted by Gasteiger charge is -2.24. The van der Waals surface area contributed by atoms with Gasteiger partial charge in [-0.2, -0.15) is 13.2 Å². The number of nitrogens with one attached hydrogen (secondary N) is 1. The van der Waals surface area contributed by atoms with Gasteiger partial charge < -0.3 is 5.32 Å². The van der Waals surface area contributed by atoms with E-state index in [4.69, 9.17) is 11.6 Å². The first-order chi connectivity index (χ1) is 13.9. The van der Waals surface area contributed by atoms with Gasteiger partial charge in [0.1, 0.15) is 6.54 Å². The summed E-state index contributed by atoms with van der Waals surface area (Å²) in [5, 5.41) is 2.33. The molecule has 0 aliphatic carbocycles. The third kappa shape index (κ3) is 6.63. The molecule has 0 aromatic heterocycles. The zero-order valence-corrected chi connectivity index (χ0v) is 18.0. The normalized spacial score (nSPS) is 11.9. The maximum atomic E-state index is 13.0. The van der Waals surface area contributed by atoms with Crippen molar-refractivity contribution in [3.63, 3.8) is 0 Å². The van der Waals surface area contributed by atoms with Gasteiger partial charge in [-0.25, -0.2) is 8.42 Å². The van der Waals surface area contributed by atoms with E-state index in [0.29, 0.717) is 16.1 Å². The molecule has 0 aliphatic heterocycles. The fourth-order valence-electron chi connectivity index (χ4n) is 2.73. The first-order valence-electron chi connectivity index (χ1n) is 9.15. The highest BCUT2D eigenvalue weighted by atomic mass is 35.5. The van der Waals surface area contributed by atoms with Crippen molar-refractivity contribution in [2.75, 3.05) is 22.4 Å². The second-order valence-electron chi connectivity index (χ2n) is 6.78. The lowest BCUT2D eigenvalue weighted by Crippen LogP contribution is -2.37. The molecule has 5 nitrogen and oxygen atoms in total. The maximum Gasteiger partial charge on any atom is 0.416 e. The molecule has 1 N–H and O–H groups in total. The average Bonchev–Trinajstić information content (AvgIpc) is 2.64. The number of unbranched alkanes of at least 4 members (excludes halogenated alkanes) is 1. The molecule has 0 saturated carbocycles. The van der Waals surface area contributed by atoms with Crippen LogP contribution in [0.25, 0.3) is 0 Å². The van der Waals surface area contributed by atoms with Gasteiger partial charge in [0, 0.05) is 5.69 Å². The Kier molecular flexibility index (Phi) is 7.76. The van der Waals surface area contributed by atoms with Crippen molar-refractivity contribution in [1.82, 2.24) is 0 Å². The van der Waals surface area contributed by atoms with Gasteiger partial charge in [0.25, 0.3) is 0 Å². The zero-order valence-electron chi connectivity index (χ0n) is 16.5. The summed E-state index contributed by atoms with van der Waals surface area (Å²) < 4.78 is 64.0. The summed E-state index contributed by atoms with van der Waals surface area (Å²) in [5.74, 6) is -0.713. The highest BCUT2D eigenvalue weighted by Gasteiger charge is 2.33. The number of carbonyl (C=O) groups excluding carboxylic acids is 1. The quantitative estimate of drug-likeness (QED) is 0.593. The molecule has 0 radical (unpaired) electrons. The van der Waals surface area contributed by atoms with Crippen LogP contribution in [-0.4, -0.2) is 27.1 Å². The number of anilines is 2. The SMILES string of the molecule is CCCCc1ccc(NC(=O)CN(c2cc(C(F)(F)F)ccc2Cl)S(C)(=O)=O)cc1. The molecule has 164 valence electrons. The van der Waals surface area contributed by atoms with Gasteiger partial charge in [-0.3, -0.25) is 9.10 Å². The van der Waals surface area contributed by atoms with E-state index in [1.807, 2.05) is 12.1 Å². The molecular formula is C20H22ClF3N2O3S. The van der Waals surface area contributed by atoms with Crippen LogP contribution >= 0.6 is 11.6 Å². The van der Waals surface area contributed by atoms with Crippen molar-refractivity contribution in [3.05, 3.63) is 58.6 Å². The van der Waals surface area contributed by atoms with Crippen LogP contribution in [0.3, 0.4) is 0 Å².